The molecule has 0 spiro atoms. The van der Waals surface area contributed by atoms with E-state index in [0.29, 0.717) is 39.5 Å². The van der Waals surface area contributed by atoms with Gasteiger partial charge in [0.15, 0.2) is 16.8 Å². The Hall–Kier alpha value is -3.55. The Morgan fingerprint density at radius 3 is 2.68 bits per heavy atom. The van der Waals surface area contributed by atoms with Crippen molar-refractivity contribution in [2.45, 2.75) is 19.8 Å². The lowest BCUT2D eigenvalue weighted by molar-refractivity contribution is -0.117. The van der Waals surface area contributed by atoms with Crippen molar-refractivity contribution in [3.63, 3.8) is 0 Å². The Morgan fingerprint density at radius 2 is 1.91 bits per heavy atom. The van der Waals surface area contributed by atoms with Crippen LogP contribution in [0.3, 0.4) is 0 Å². The zero-order chi connectivity index (χ0) is 23.7. The fourth-order valence-electron chi connectivity index (χ4n) is 3.54. The van der Waals surface area contributed by atoms with Gasteiger partial charge in [-0.05, 0) is 61.0 Å². The number of hydrogen-bond donors (Lipinski definition) is 0. The fraction of sp³-hybridized carbons (Fsp3) is 0.115. The number of amides is 1. The number of rotatable bonds is 6. The van der Waals surface area contributed by atoms with Crippen LogP contribution in [0.5, 0.6) is 0 Å². The molecule has 2 heterocycles. The van der Waals surface area contributed by atoms with E-state index in [9.17, 15) is 9.18 Å². The topological polar surface area (TPSA) is 59.2 Å². The van der Waals surface area contributed by atoms with Crippen molar-refractivity contribution >= 4 is 49.9 Å². The van der Waals surface area contributed by atoms with Crippen molar-refractivity contribution in [3.05, 3.63) is 95.2 Å². The van der Waals surface area contributed by atoms with E-state index in [2.05, 4.69) is 9.97 Å². The standard InChI is InChI=1S/C26H19ClFN3O2S/c1-16-6-11-19(14-20(16)28)31(26-30-21-4-2-3-5-23(21)34-26)25(32)13-12-24-29-15-22(33-24)17-7-9-18(27)10-8-17/h2-11,14-15H,12-13H2,1H3. The molecule has 0 radical (unpaired) electrons. The molecule has 0 aliphatic carbocycles. The summed E-state index contributed by atoms with van der Waals surface area (Å²) in [5, 5.41) is 1.13. The molecule has 8 heteroatoms. The summed E-state index contributed by atoms with van der Waals surface area (Å²) in [5.41, 5.74) is 2.57. The second kappa shape index (κ2) is 9.37. The third-order valence-electron chi connectivity index (χ3n) is 5.37. The van der Waals surface area contributed by atoms with E-state index in [4.69, 9.17) is 16.0 Å². The summed E-state index contributed by atoms with van der Waals surface area (Å²) in [7, 11) is 0. The minimum absolute atomic E-state index is 0.117. The Bertz CT molecular complexity index is 1450. The summed E-state index contributed by atoms with van der Waals surface area (Å²) < 4.78 is 21.2. The maximum absolute atomic E-state index is 14.4. The van der Waals surface area contributed by atoms with Crippen LogP contribution in [-0.4, -0.2) is 15.9 Å². The first-order valence-corrected chi connectivity index (χ1v) is 11.8. The molecular formula is C26H19ClFN3O2S. The van der Waals surface area contributed by atoms with Crippen LogP contribution < -0.4 is 4.90 Å². The summed E-state index contributed by atoms with van der Waals surface area (Å²) in [6.07, 6.45) is 2.04. The molecule has 5 nitrogen and oxygen atoms in total. The van der Waals surface area contributed by atoms with E-state index in [1.165, 1.54) is 22.3 Å². The zero-order valence-electron chi connectivity index (χ0n) is 18.2. The zero-order valence-corrected chi connectivity index (χ0v) is 19.7. The summed E-state index contributed by atoms with van der Waals surface area (Å²) in [5.74, 6) is 0.436. The van der Waals surface area contributed by atoms with Crippen LogP contribution in [0.4, 0.5) is 15.2 Å². The molecule has 0 aliphatic heterocycles. The van der Waals surface area contributed by atoms with Gasteiger partial charge in [0.05, 0.1) is 22.1 Å². The number of fused-ring (bicyclic) bond motifs is 1. The van der Waals surface area contributed by atoms with Crippen LogP contribution in [0.15, 0.2) is 77.3 Å². The predicted molar refractivity (Wildman–Crippen MR) is 133 cm³/mol. The first kappa shape index (κ1) is 22.3. The molecule has 3 aromatic carbocycles. The smallest absolute Gasteiger partial charge is 0.233 e. The molecule has 2 aromatic heterocycles. The number of oxazole rings is 1. The highest BCUT2D eigenvalue weighted by molar-refractivity contribution is 7.22. The molecule has 0 N–H and O–H groups in total. The normalized spacial score (nSPS) is 11.1. The van der Waals surface area contributed by atoms with Gasteiger partial charge in [0, 0.05) is 23.4 Å². The van der Waals surface area contributed by atoms with Gasteiger partial charge in [0.2, 0.25) is 5.91 Å². The molecule has 0 aliphatic rings. The van der Waals surface area contributed by atoms with Crippen LogP contribution >= 0.6 is 22.9 Å². The Labute approximate surface area is 204 Å². The van der Waals surface area contributed by atoms with E-state index >= 15 is 0 Å². The third-order valence-corrected chi connectivity index (χ3v) is 6.65. The minimum Gasteiger partial charge on any atom is -0.441 e. The first-order valence-electron chi connectivity index (χ1n) is 10.6. The van der Waals surface area contributed by atoms with Gasteiger partial charge in [0.1, 0.15) is 5.82 Å². The number of carbonyl (C=O) groups excluding carboxylic acids is 1. The SMILES string of the molecule is Cc1ccc(N(C(=O)CCc2ncc(-c3ccc(Cl)cc3)o2)c2nc3ccccc3s2)cc1F. The predicted octanol–water partition coefficient (Wildman–Crippen LogP) is 7.35. The average Bonchev–Trinajstić information content (AvgIpc) is 3.48. The van der Waals surface area contributed by atoms with Gasteiger partial charge in [-0.25, -0.2) is 14.4 Å². The molecule has 0 unspecified atom stereocenters. The van der Waals surface area contributed by atoms with Crippen LogP contribution in [0.2, 0.25) is 5.02 Å². The second-order valence-corrected chi connectivity index (χ2v) is 9.20. The van der Waals surface area contributed by atoms with E-state index in [0.717, 1.165) is 15.8 Å². The summed E-state index contributed by atoms with van der Waals surface area (Å²) in [6, 6.07) is 19.6. The maximum atomic E-state index is 14.4. The van der Waals surface area contributed by atoms with Gasteiger partial charge < -0.3 is 4.42 Å². The number of aryl methyl sites for hydroxylation is 2. The molecular weight excluding hydrogens is 473 g/mol. The van der Waals surface area contributed by atoms with Crippen molar-refractivity contribution in [1.82, 2.24) is 9.97 Å². The second-order valence-electron chi connectivity index (χ2n) is 7.75. The van der Waals surface area contributed by atoms with E-state index in [1.807, 2.05) is 36.4 Å². The number of benzene rings is 3. The number of hydrogen-bond acceptors (Lipinski definition) is 5. The van der Waals surface area contributed by atoms with Crippen molar-refractivity contribution in [2.24, 2.45) is 0 Å². The Kier molecular flexibility index (Phi) is 6.13. The quantitative estimate of drug-likeness (QED) is 0.249. The van der Waals surface area contributed by atoms with Gasteiger partial charge in [-0.15, -0.1) is 0 Å². The average molecular weight is 492 g/mol. The summed E-state index contributed by atoms with van der Waals surface area (Å²) in [4.78, 5) is 23.8. The van der Waals surface area contributed by atoms with Gasteiger partial charge in [-0.1, -0.05) is 41.1 Å². The fourth-order valence-corrected chi connectivity index (χ4v) is 4.67. The lowest BCUT2D eigenvalue weighted by Crippen LogP contribution is -2.26. The first-order chi connectivity index (χ1) is 16.5. The number of anilines is 2. The molecule has 34 heavy (non-hydrogen) atoms. The molecule has 0 bridgehead atoms. The lowest BCUT2D eigenvalue weighted by Gasteiger charge is -2.20. The van der Waals surface area contributed by atoms with Crippen LogP contribution in [0.1, 0.15) is 17.9 Å². The molecule has 170 valence electrons. The summed E-state index contributed by atoms with van der Waals surface area (Å²) >= 11 is 7.33. The van der Waals surface area contributed by atoms with E-state index < -0.39 is 0 Å². The maximum Gasteiger partial charge on any atom is 0.233 e. The minimum atomic E-state index is -0.378. The highest BCUT2D eigenvalue weighted by Gasteiger charge is 2.23. The molecule has 5 rings (SSSR count). The highest BCUT2D eigenvalue weighted by Crippen LogP contribution is 2.35. The number of para-hydroxylation sites is 1. The number of aromatic nitrogens is 2. The third kappa shape index (κ3) is 4.58. The Balaban J connectivity index is 1.40. The number of halogens is 2. The lowest BCUT2D eigenvalue weighted by atomic mass is 10.2. The van der Waals surface area contributed by atoms with Crippen LogP contribution in [0.25, 0.3) is 21.5 Å². The van der Waals surface area contributed by atoms with Crippen molar-refractivity contribution in [3.8, 4) is 11.3 Å². The van der Waals surface area contributed by atoms with Crippen LogP contribution in [-0.2, 0) is 11.2 Å². The van der Waals surface area contributed by atoms with Crippen LogP contribution in [0, 0.1) is 12.7 Å². The van der Waals surface area contributed by atoms with Crippen molar-refractivity contribution in [1.29, 1.82) is 0 Å². The molecule has 1 amide bonds. The number of nitrogens with zero attached hydrogens (tertiary/aromatic N) is 3. The molecule has 0 saturated carbocycles. The highest BCUT2D eigenvalue weighted by atomic mass is 35.5. The van der Waals surface area contributed by atoms with Gasteiger partial charge in [-0.3, -0.25) is 9.69 Å². The molecule has 0 atom stereocenters. The number of thiazole rings is 1. The van der Waals surface area contributed by atoms with Gasteiger partial charge >= 0.3 is 0 Å². The molecule has 5 aromatic rings. The molecule has 0 saturated heterocycles. The Morgan fingerprint density at radius 1 is 1.12 bits per heavy atom. The van der Waals surface area contributed by atoms with E-state index in [1.54, 1.807) is 37.4 Å². The van der Waals surface area contributed by atoms with Gasteiger partial charge in [-0.2, -0.15) is 0 Å². The van der Waals surface area contributed by atoms with Gasteiger partial charge in [0.25, 0.3) is 0 Å². The largest absolute Gasteiger partial charge is 0.441 e. The number of carbonyl (C=O) groups is 1. The summed E-state index contributed by atoms with van der Waals surface area (Å²) in [6.45, 7) is 1.68. The van der Waals surface area contributed by atoms with E-state index in [-0.39, 0.29) is 18.1 Å². The molecule has 0 fully saturated rings. The monoisotopic (exact) mass is 491 g/mol. The van der Waals surface area contributed by atoms with Crippen molar-refractivity contribution < 1.29 is 13.6 Å². The van der Waals surface area contributed by atoms with Crippen molar-refractivity contribution in [2.75, 3.05) is 4.90 Å².